The standard InChI is InChI=1S/C18H17N3O7S2/c1-9-14(11(22)7-8-13(23)24)19-18(29-9)20-17(26)15-16(25)10-5-3-4-6-12(10)30(27,28)21(15)2/h3-6,25H,7-8H2,1-2H3,(H,23,24)(H,19,20,26). The summed E-state index contributed by atoms with van der Waals surface area (Å²) in [6.45, 7) is 1.59. The third kappa shape index (κ3) is 3.78. The highest BCUT2D eigenvalue weighted by Gasteiger charge is 2.38. The number of carboxylic acid groups (broad SMARTS) is 1. The number of ketones is 1. The predicted molar refractivity (Wildman–Crippen MR) is 108 cm³/mol. The van der Waals surface area contributed by atoms with Crippen LogP contribution in [0, 0.1) is 6.92 Å². The minimum atomic E-state index is -4.04. The van der Waals surface area contributed by atoms with Crippen molar-refractivity contribution in [2.24, 2.45) is 0 Å². The van der Waals surface area contributed by atoms with Gasteiger partial charge in [-0.05, 0) is 19.1 Å². The third-order valence-corrected chi connectivity index (χ3v) is 7.08. The van der Waals surface area contributed by atoms with E-state index in [1.165, 1.54) is 24.3 Å². The second-order valence-corrected chi connectivity index (χ2v) is 9.50. The fraction of sp³-hybridized carbons (Fsp3) is 0.222. The number of fused-ring (bicyclic) bond motifs is 1. The van der Waals surface area contributed by atoms with E-state index >= 15 is 0 Å². The Hall–Kier alpha value is -3.25. The van der Waals surface area contributed by atoms with Gasteiger partial charge in [0, 0.05) is 23.9 Å². The molecular formula is C18H17N3O7S2. The number of aliphatic carboxylic acids is 1. The van der Waals surface area contributed by atoms with Gasteiger partial charge in [-0.1, -0.05) is 12.1 Å². The molecule has 0 aliphatic carbocycles. The number of hydrogen-bond donors (Lipinski definition) is 3. The number of amides is 1. The van der Waals surface area contributed by atoms with Gasteiger partial charge in [-0.3, -0.25) is 24.0 Å². The second-order valence-electron chi connectivity index (χ2n) is 6.36. The lowest BCUT2D eigenvalue weighted by Crippen LogP contribution is -2.37. The Bertz CT molecular complexity index is 1200. The second kappa shape index (κ2) is 7.88. The maximum absolute atomic E-state index is 12.8. The monoisotopic (exact) mass is 451 g/mol. The lowest BCUT2D eigenvalue weighted by Gasteiger charge is -2.28. The molecule has 1 aliphatic rings. The van der Waals surface area contributed by atoms with E-state index in [-0.39, 0.29) is 34.1 Å². The summed E-state index contributed by atoms with van der Waals surface area (Å²) >= 11 is 0.974. The number of carbonyl (C=O) groups is 3. The molecular weight excluding hydrogens is 434 g/mol. The average molecular weight is 451 g/mol. The Kier molecular flexibility index (Phi) is 5.63. The largest absolute Gasteiger partial charge is 0.505 e. The SMILES string of the molecule is Cc1sc(NC(=O)C2=C(O)c3ccccc3S(=O)(=O)N2C)nc1C(=O)CCC(=O)O. The van der Waals surface area contributed by atoms with Crippen molar-refractivity contribution < 1.29 is 33.0 Å². The number of carbonyl (C=O) groups excluding carboxylic acids is 2. The fourth-order valence-corrected chi connectivity index (χ4v) is 5.11. The fourth-order valence-electron chi connectivity index (χ4n) is 2.89. The number of benzene rings is 1. The first-order valence-electron chi connectivity index (χ1n) is 8.59. The maximum Gasteiger partial charge on any atom is 0.303 e. The van der Waals surface area contributed by atoms with Crippen LogP contribution in [0.1, 0.15) is 33.8 Å². The quantitative estimate of drug-likeness (QED) is 0.564. The van der Waals surface area contributed by atoms with Crippen LogP contribution in [0.2, 0.25) is 0 Å². The van der Waals surface area contributed by atoms with Crippen molar-refractivity contribution >= 4 is 49.9 Å². The highest BCUT2D eigenvalue weighted by atomic mass is 32.2. The Morgan fingerprint density at radius 1 is 1.20 bits per heavy atom. The number of anilines is 1. The molecule has 30 heavy (non-hydrogen) atoms. The molecule has 10 nitrogen and oxygen atoms in total. The molecule has 1 aliphatic heterocycles. The van der Waals surface area contributed by atoms with Crippen LogP contribution >= 0.6 is 11.3 Å². The summed E-state index contributed by atoms with van der Waals surface area (Å²) in [6, 6.07) is 5.74. The van der Waals surface area contributed by atoms with Crippen molar-refractivity contribution in [2.75, 3.05) is 12.4 Å². The summed E-state index contributed by atoms with van der Waals surface area (Å²) in [7, 11) is -2.90. The first-order valence-corrected chi connectivity index (χ1v) is 10.8. The summed E-state index contributed by atoms with van der Waals surface area (Å²) in [6.07, 6.45) is -0.586. The zero-order valence-electron chi connectivity index (χ0n) is 15.9. The molecule has 0 atom stereocenters. The molecule has 12 heteroatoms. The van der Waals surface area contributed by atoms with Crippen molar-refractivity contribution in [3.05, 3.63) is 46.1 Å². The number of aliphatic hydroxyl groups excluding tert-OH is 1. The zero-order chi connectivity index (χ0) is 22.2. The Morgan fingerprint density at radius 2 is 1.87 bits per heavy atom. The lowest BCUT2D eigenvalue weighted by molar-refractivity contribution is -0.137. The molecule has 0 saturated carbocycles. The molecule has 3 N–H and O–H groups in total. The number of thiazole rings is 1. The van der Waals surface area contributed by atoms with E-state index < -0.39 is 39.1 Å². The molecule has 158 valence electrons. The Labute approximate surface area is 175 Å². The van der Waals surface area contributed by atoms with Gasteiger partial charge in [0.15, 0.2) is 22.4 Å². The Morgan fingerprint density at radius 3 is 2.53 bits per heavy atom. The topological polar surface area (TPSA) is 154 Å². The molecule has 1 aromatic heterocycles. The zero-order valence-corrected chi connectivity index (χ0v) is 17.5. The average Bonchev–Trinajstić information content (AvgIpc) is 3.05. The van der Waals surface area contributed by atoms with Gasteiger partial charge in [0.05, 0.1) is 11.3 Å². The number of Topliss-reactive ketones (excluding diaryl/α,β-unsaturated/α-hetero) is 1. The van der Waals surface area contributed by atoms with Gasteiger partial charge < -0.3 is 10.2 Å². The summed E-state index contributed by atoms with van der Waals surface area (Å²) in [5.41, 5.74) is -0.453. The van der Waals surface area contributed by atoms with Gasteiger partial charge in [-0.25, -0.2) is 13.4 Å². The smallest absolute Gasteiger partial charge is 0.303 e. The van der Waals surface area contributed by atoms with Gasteiger partial charge in [-0.15, -0.1) is 11.3 Å². The van der Waals surface area contributed by atoms with Crippen LogP contribution in [-0.2, 0) is 19.6 Å². The number of carboxylic acids is 1. The van der Waals surface area contributed by atoms with Crippen LogP contribution in [-0.4, -0.2) is 52.6 Å². The van der Waals surface area contributed by atoms with Crippen molar-refractivity contribution in [1.82, 2.24) is 9.29 Å². The molecule has 3 rings (SSSR count). The number of sulfonamides is 1. The highest BCUT2D eigenvalue weighted by molar-refractivity contribution is 7.89. The van der Waals surface area contributed by atoms with E-state index in [0.29, 0.717) is 9.18 Å². The number of aromatic nitrogens is 1. The minimum Gasteiger partial charge on any atom is -0.505 e. The number of hydrogen-bond acceptors (Lipinski definition) is 8. The van der Waals surface area contributed by atoms with E-state index in [1.807, 2.05) is 0 Å². The van der Waals surface area contributed by atoms with E-state index in [0.717, 1.165) is 18.4 Å². The van der Waals surface area contributed by atoms with E-state index in [1.54, 1.807) is 6.92 Å². The molecule has 0 unspecified atom stereocenters. The van der Waals surface area contributed by atoms with Crippen molar-refractivity contribution in [3.63, 3.8) is 0 Å². The van der Waals surface area contributed by atoms with Crippen LogP contribution < -0.4 is 5.32 Å². The summed E-state index contributed by atoms with van der Waals surface area (Å²) < 4.78 is 26.1. The van der Waals surface area contributed by atoms with E-state index in [9.17, 15) is 27.9 Å². The number of nitrogens with zero attached hydrogens (tertiary/aromatic N) is 2. The van der Waals surface area contributed by atoms with Gasteiger partial charge in [0.25, 0.3) is 15.9 Å². The lowest BCUT2D eigenvalue weighted by atomic mass is 10.1. The molecule has 0 bridgehead atoms. The van der Waals surface area contributed by atoms with Crippen LogP contribution in [0.5, 0.6) is 0 Å². The predicted octanol–water partition coefficient (Wildman–Crippen LogP) is 2.00. The van der Waals surface area contributed by atoms with Crippen molar-refractivity contribution in [3.8, 4) is 0 Å². The number of rotatable bonds is 6. The molecule has 0 fully saturated rings. The van der Waals surface area contributed by atoms with Crippen LogP contribution in [0.25, 0.3) is 5.76 Å². The van der Waals surface area contributed by atoms with Crippen LogP contribution in [0.4, 0.5) is 5.13 Å². The molecule has 2 heterocycles. The Balaban J connectivity index is 1.91. The molecule has 1 amide bonds. The molecule has 0 radical (unpaired) electrons. The molecule has 0 saturated heterocycles. The van der Waals surface area contributed by atoms with Gasteiger partial charge in [-0.2, -0.15) is 0 Å². The first kappa shape index (κ1) is 21.5. The normalized spacial score (nSPS) is 14.9. The molecule has 0 spiro atoms. The highest BCUT2D eigenvalue weighted by Crippen LogP contribution is 2.35. The van der Waals surface area contributed by atoms with Crippen LogP contribution in [0.3, 0.4) is 0 Å². The number of nitrogens with one attached hydrogen (secondary N) is 1. The first-order chi connectivity index (χ1) is 14.0. The third-order valence-electron chi connectivity index (χ3n) is 4.38. The van der Waals surface area contributed by atoms with E-state index in [2.05, 4.69) is 10.3 Å². The maximum atomic E-state index is 12.8. The summed E-state index contributed by atoms with van der Waals surface area (Å²) in [5, 5.41) is 21.6. The number of likely N-dealkylation sites (N-methyl/N-ethyl adjacent to an activating group) is 1. The minimum absolute atomic E-state index is 0.000562. The van der Waals surface area contributed by atoms with Gasteiger partial charge in [0.1, 0.15) is 5.69 Å². The number of aryl methyl sites for hydroxylation is 1. The number of aliphatic hydroxyl groups is 1. The molecule has 2 aromatic rings. The molecule has 1 aromatic carbocycles. The van der Waals surface area contributed by atoms with Crippen LogP contribution in [0.15, 0.2) is 34.9 Å². The van der Waals surface area contributed by atoms with E-state index in [4.69, 9.17) is 5.11 Å². The summed E-state index contributed by atoms with van der Waals surface area (Å²) in [4.78, 5) is 39.9. The van der Waals surface area contributed by atoms with Gasteiger partial charge in [0.2, 0.25) is 0 Å². The van der Waals surface area contributed by atoms with Crippen molar-refractivity contribution in [1.29, 1.82) is 0 Å². The van der Waals surface area contributed by atoms with Crippen molar-refractivity contribution in [2.45, 2.75) is 24.7 Å². The van der Waals surface area contributed by atoms with Gasteiger partial charge >= 0.3 is 5.97 Å². The summed E-state index contributed by atoms with van der Waals surface area (Å²) in [5.74, 6) is -3.04.